The van der Waals surface area contributed by atoms with Crippen LogP contribution < -0.4 is 8.92 Å². The van der Waals surface area contributed by atoms with E-state index in [9.17, 15) is 4.19 Å². The van der Waals surface area contributed by atoms with E-state index < -0.39 is 14.2 Å². The summed E-state index contributed by atoms with van der Waals surface area (Å²) in [7, 11) is 0. The van der Waals surface area contributed by atoms with Gasteiger partial charge in [-0.3, -0.25) is 0 Å². The van der Waals surface area contributed by atoms with E-state index in [-0.39, 0.29) is 0 Å². The summed E-state index contributed by atoms with van der Waals surface area (Å²) in [6.45, 7) is 0. The standard InChI is InChI=1S/C16H12OSe/c17-18-14-8-4-3-7-13(14)16-12-6-2-1-5-11(12)9-10-15(16)18/h1-10,17-18H. The van der Waals surface area contributed by atoms with Gasteiger partial charge in [-0.2, -0.15) is 0 Å². The second-order valence-corrected chi connectivity index (χ2v) is 7.84. The van der Waals surface area contributed by atoms with Crippen molar-refractivity contribution in [1.29, 1.82) is 0 Å². The molecule has 0 aromatic heterocycles. The SMILES string of the molecule is O[SeH]1c2ccccc2-c2c1ccc1ccccc21. The van der Waals surface area contributed by atoms with E-state index in [2.05, 4.69) is 54.6 Å². The minimum absolute atomic E-state index is 1.16. The van der Waals surface area contributed by atoms with Crippen LogP contribution in [0.3, 0.4) is 0 Å². The monoisotopic (exact) mass is 300 g/mol. The predicted molar refractivity (Wildman–Crippen MR) is 78.0 cm³/mol. The van der Waals surface area contributed by atoms with E-state index in [4.69, 9.17) is 0 Å². The van der Waals surface area contributed by atoms with Gasteiger partial charge in [0.1, 0.15) is 0 Å². The van der Waals surface area contributed by atoms with Gasteiger partial charge in [0, 0.05) is 0 Å². The molecular weight excluding hydrogens is 287 g/mol. The van der Waals surface area contributed by atoms with Gasteiger partial charge in [0.05, 0.1) is 0 Å². The summed E-state index contributed by atoms with van der Waals surface area (Å²) in [4.78, 5) is 0. The molecule has 1 nitrogen and oxygen atoms in total. The first kappa shape index (κ1) is 10.3. The Hall–Kier alpha value is -1.60. The van der Waals surface area contributed by atoms with Crippen LogP contribution in [-0.4, -0.2) is 18.4 Å². The molecule has 1 aliphatic heterocycles. The number of rotatable bonds is 0. The van der Waals surface area contributed by atoms with Gasteiger partial charge in [0.25, 0.3) is 0 Å². The number of hydrogen-bond donors (Lipinski definition) is 1. The number of benzene rings is 3. The van der Waals surface area contributed by atoms with Gasteiger partial charge in [0.2, 0.25) is 0 Å². The van der Waals surface area contributed by atoms with Crippen molar-refractivity contribution in [2.24, 2.45) is 0 Å². The molecule has 1 N–H and O–H groups in total. The van der Waals surface area contributed by atoms with Crippen molar-refractivity contribution in [1.82, 2.24) is 0 Å². The second-order valence-electron chi connectivity index (χ2n) is 4.51. The fraction of sp³-hybridized carbons (Fsp3) is 0. The third-order valence-electron chi connectivity index (χ3n) is 3.54. The van der Waals surface area contributed by atoms with E-state index in [1.165, 1.54) is 26.4 Å². The van der Waals surface area contributed by atoms with Crippen LogP contribution in [0.5, 0.6) is 0 Å². The summed E-state index contributed by atoms with van der Waals surface area (Å²) in [5.41, 5.74) is 2.48. The molecule has 88 valence electrons. The summed E-state index contributed by atoms with van der Waals surface area (Å²) in [6.07, 6.45) is 0. The molecule has 0 aliphatic carbocycles. The van der Waals surface area contributed by atoms with Crippen LogP contribution in [0.15, 0.2) is 60.7 Å². The minimum atomic E-state index is -2.03. The third-order valence-corrected chi connectivity index (χ3v) is 7.05. The summed E-state index contributed by atoms with van der Waals surface area (Å²) in [5.74, 6) is 0. The summed E-state index contributed by atoms with van der Waals surface area (Å²) < 4.78 is 12.9. The van der Waals surface area contributed by atoms with Gasteiger partial charge in [-0.05, 0) is 0 Å². The molecule has 2 heteroatoms. The van der Waals surface area contributed by atoms with Crippen LogP contribution in [0.2, 0.25) is 0 Å². The average molecular weight is 299 g/mol. The molecule has 4 rings (SSSR count). The Labute approximate surface area is 110 Å². The van der Waals surface area contributed by atoms with Crippen LogP contribution in [0.1, 0.15) is 0 Å². The molecule has 0 spiro atoms. The van der Waals surface area contributed by atoms with Crippen LogP contribution in [0, 0.1) is 0 Å². The molecule has 0 saturated heterocycles. The zero-order valence-electron chi connectivity index (χ0n) is 9.67. The van der Waals surface area contributed by atoms with Crippen molar-refractivity contribution in [2.75, 3.05) is 0 Å². The van der Waals surface area contributed by atoms with Gasteiger partial charge in [-0.1, -0.05) is 0 Å². The van der Waals surface area contributed by atoms with Gasteiger partial charge < -0.3 is 0 Å². The van der Waals surface area contributed by atoms with Crippen molar-refractivity contribution in [2.45, 2.75) is 0 Å². The van der Waals surface area contributed by atoms with E-state index in [0.29, 0.717) is 0 Å². The van der Waals surface area contributed by atoms with Crippen LogP contribution in [0.4, 0.5) is 0 Å². The van der Waals surface area contributed by atoms with Crippen molar-refractivity contribution in [3.63, 3.8) is 0 Å². The first-order chi connectivity index (χ1) is 8.86. The predicted octanol–water partition coefficient (Wildman–Crippen LogP) is 1.65. The van der Waals surface area contributed by atoms with E-state index in [0.717, 1.165) is 4.46 Å². The zero-order chi connectivity index (χ0) is 12.1. The maximum absolute atomic E-state index is 10.5. The van der Waals surface area contributed by atoms with E-state index >= 15 is 0 Å². The molecule has 0 fully saturated rings. The molecule has 3 aromatic carbocycles. The zero-order valence-corrected chi connectivity index (χ0v) is 11.5. The number of fused-ring (bicyclic) bond motifs is 5. The fourth-order valence-corrected chi connectivity index (χ4v) is 6.01. The summed E-state index contributed by atoms with van der Waals surface area (Å²) in [5, 5.41) is 2.50. The molecule has 0 saturated carbocycles. The van der Waals surface area contributed by atoms with Crippen LogP contribution >= 0.6 is 0 Å². The van der Waals surface area contributed by atoms with Crippen molar-refractivity contribution in [3.8, 4) is 11.1 Å². The van der Waals surface area contributed by atoms with Crippen molar-refractivity contribution in [3.05, 3.63) is 60.7 Å². The Morgan fingerprint density at radius 3 is 2.44 bits per heavy atom. The molecule has 0 radical (unpaired) electrons. The Bertz CT molecular complexity index is 764. The molecule has 0 bridgehead atoms. The van der Waals surface area contributed by atoms with Crippen LogP contribution in [-0.2, 0) is 0 Å². The van der Waals surface area contributed by atoms with Gasteiger partial charge in [0.15, 0.2) is 0 Å². The maximum atomic E-state index is 10.5. The van der Waals surface area contributed by atoms with E-state index in [1.807, 2.05) is 6.07 Å². The molecule has 3 aromatic rings. The Balaban J connectivity index is 2.19. The van der Waals surface area contributed by atoms with Gasteiger partial charge in [-0.15, -0.1) is 0 Å². The van der Waals surface area contributed by atoms with Gasteiger partial charge in [-0.25, -0.2) is 0 Å². The first-order valence-corrected chi connectivity index (χ1v) is 8.68. The quantitative estimate of drug-likeness (QED) is 0.626. The first-order valence-electron chi connectivity index (χ1n) is 5.96. The molecule has 1 aliphatic rings. The normalized spacial score (nSPS) is 18.6. The average Bonchev–Trinajstić information content (AvgIpc) is 2.73. The Morgan fingerprint density at radius 2 is 1.50 bits per heavy atom. The Morgan fingerprint density at radius 1 is 0.722 bits per heavy atom. The Kier molecular flexibility index (Phi) is 2.12. The number of hydrogen-bond acceptors (Lipinski definition) is 1. The third kappa shape index (κ3) is 1.25. The van der Waals surface area contributed by atoms with Crippen molar-refractivity contribution >= 4 is 33.9 Å². The molecule has 1 heterocycles. The second kappa shape index (κ2) is 3.69. The topological polar surface area (TPSA) is 20.2 Å². The van der Waals surface area contributed by atoms with Gasteiger partial charge >= 0.3 is 110 Å². The summed E-state index contributed by atoms with van der Waals surface area (Å²) >= 11 is -2.03. The molecular formula is C16H12OSe. The molecule has 1 unspecified atom stereocenters. The fourth-order valence-electron chi connectivity index (χ4n) is 2.72. The molecule has 18 heavy (non-hydrogen) atoms. The summed E-state index contributed by atoms with van der Waals surface area (Å²) in [6, 6.07) is 20.9. The molecule has 0 amide bonds. The van der Waals surface area contributed by atoms with Crippen molar-refractivity contribution < 1.29 is 4.19 Å². The van der Waals surface area contributed by atoms with E-state index in [1.54, 1.807) is 0 Å². The molecule has 1 atom stereocenters. The van der Waals surface area contributed by atoms with Crippen LogP contribution in [0.25, 0.3) is 21.9 Å².